The van der Waals surface area contributed by atoms with E-state index in [-0.39, 0.29) is 0 Å². The molecule has 2 aromatic rings. The Labute approximate surface area is 129 Å². The van der Waals surface area contributed by atoms with Crippen molar-refractivity contribution in [1.82, 2.24) is 5.32 Å². The fourth-order valence-corrected chi connectivity index (χ4v) is 2.15. The topological polar surface area (TPSA) is 61.4 Å². The van der Waals surface area contributed by atoms with Crippen molar-refractivity contribution in [1.29, 1.82) is 0 Å². The smallest absolute Gasteiger partial charge is 0.319 e. The lowest BCUT2D eigenvalue weighted by atomic mass is 10.1. The summed E-state index contributed by atoms with van der Waals surface area (Å²) in [5, 5.41) is 15.2. The third-order valence-corrected chi connectivity index (χ3v) is 3.19. The predicted octanol–water partition coefficient (Wildman–Crippen LogP) is 3.38. The van der Waals surface area contributed by atoms with Crippen molar-refractivity contribution in [3.63, 3.8) is 0 Å². The van der Waals surface area contributed by atoms with Crippen LogP contribution in [0.15, 0.2) is 48.5 Å². The molecule has 2 amide bonds. The standard InChI is InChI=1S/C17H19FN2O2/c1-12-9-14(18)11-15(10-12)20-17(22)19-8-7-16(21)13-5-3-2-4-6-13/h2-6,9-11,16,21H,7-8H2,1H3,(H2,19,20,22). The summed E-state index contributed by atoms with van der Waals surface area (Å²) in [5.74, 6) is -0.394. The van der Waals surface area contributed by atoms with Crippen molar-refractivity contribution >= 4 is 11.7 Å². The molecule has 1 unspecified atom stereocenters. The second-order valence-electron chi connectivity index (χ2n) is 5.11. The Morgan fingerprint density at radius 2 is 1.95 bits per heavy atom. The molecule has 0 saturated carbocycles. The van der Waals surface area contributed by atoms with Crippen LogP contribution < -0.4 is 10.6 Å². The zero-order chi connectivity index (χ0) is 15.9. The van der Waals surface area contributed by atoms with Gasteiger partial charge >= 0.3 is 6.03 Å². The zero-order valence-electron chi connectivity index (χ0n) is 12.3. The van der Waals surface area contributed by atoms with Crippen molar-refractivity contribution in [3.8, 4) is 0 Å². The normalized spacial score (nSPS) is 11.8. The predicted molar refractivity (Wildman–Crippen MR) is 84.2 cm³/mol. The van der Waals surface area contributed by atoms with Gasteiger partial charge in [0.1, 0.15) is 5.82 Å². The average Bonchev–Trinajstić information content (AvgIpc) is 2.47. The third kappa shape index (κ3) is 4.86. The van der Waals surface area contributed by atoms with E-state index in [2.05, 4.69) is 10.6 Å². The summed E-state index contributed by atoms with van der Waals surface area (Å²) in [7, 11) is 0. The van der Waals surface area contributed by atoms with Crippen LogP contribution in [0.1, 0.15) is 23.7 Å². The number of aliphatic hydroxyl groups excluding tert-OH is 1. The first kappa shape index (κ1) is 16.0. The Morgan fingerprint density at radius 3 is 2.64 bits per heavy atom. The number of nitrogens with one attached hydrogen (secondary N) is 2. The summed E-state index contributed by atoms with van der Waals surface area (Å²) in [6.45, 7) is 2.07. The quantitative estimate of drug-likeness (QED) is 0.793. The molecule has 0 heterocycles. The van der Waals surface area contributed by atoms with E-state index in [4.69, 9.17) is 0 Å². The molecule has 0 bridgehead atoms. The van der Waals surface area contributed by atoms with E-state index in [0.29, 0.717) is 18.7 Å². The molecule has 0 aliphatic rings. The number of hydrogen-bond donors (Lipinski definition) is 3. The fraction of sp³-hybridized carbons (Fsp3) is 0.235. The van der Waals surface area contributed by atoms with Crippen LogP contribution >= 0.6 is 0 Å². The summed E-state index contributed by atoms with van der Waals surface area (Å²) in [6.07, 6.45) is -0.225. The Bertz CT molecular complexity index is 612. The van der Waals surface area contributed by atoms with Gasteiger partial charge in [-0.25, -0.2) is 9.18 Å². The molecule has 22 heavy (non-hydrogen) atoms. The van der Waals surface area contributed by atoms with Crippen LogP contribution in [0.4, 0.5) is 14.9 Å². The number of carbonyl (C=O) groups excluding carboxylic acids is 1. The lowest BCUT2D eigenvalue weighted by Gasteiger charge is -2.12. The minimum absolute atomic E-state index is 0.316. The Morgan fingerprint density at radius 1 is 1.23 bits per heavy atom. The van der Waals surface area contributed by atoms with E-state index in [1.54, 1.807) is 13.0 Å². The zero-order valence-corrected chi connectivity index (χ0v) is 12.3. The van der Waals surface area contributed by atoms with Gasteiger partial charge in [-0.1, -0.05) is 30.3 Å². The maximum absolute atomic E-state index is 13.2. The van der Waals surface area contributed by atoms with Crippen LogP contribution in [-0.2, 0) is 0 Å². The molecule has 0 radical (unpaired) electrons. The summed E-state index contributed by atoms with van der Waals surface area (Å²) >= 11 is 0. The maximum Gasteiger partial charge on any atom is 0.319 e. The molecule has 0 aliphatic carbocycles. The molecule has 5 heteroatoms. The highest BCUT2D eigenvalue weighted by atomic mass is 19.1. The highest BCUT2D eigenvalue weighted by molar-refractivity contribution is 5.89. The molecular weight excluding hydrogens is 283 g/mol. The first-order valence-corrected chi connectivity index (χ1v) is 7.09. The van der Waals surface area contributed by atoms with Crippen LogP contribution in [0.3, 0.4) is 0 Å². The van der Waals surface area contributed by atoms with Gasteiger partial charge in [0.25, 0.3) is 0 Å². The molecule has 1 atom stereocenters. The van der Waals surface area contributed by atoms with Crippen molar-refractivity contribution in [3.05, 3.63) is 65.5 Å². The molecule has 2 rings (SSSR count). The number of benzene rings is 2. The second-order valence-corrected chi connectivity index (χ2v) is 5.11. The van der Waals surface area contributed by atoms with Gasteiger partial charge in [-0.15, -0.1) is 0 Å². The Kier molecular flexibility index (Phi) is 5.49. The van der Waals surface area contributed by atoms with Gasteiger partial charge in [-0.05, 0) is 42.7 Å². The Balaban J connectivity index is 1.78. The molecule has 3 N–H and O–H groups in total. The molecule has 4 nitrogen and oxygen atoms in total. The minimum Gasteiger partial charge on any atom is -0.388 e. The lowest BCUT2D eigenvalue weighted by Crippen LogP contribution is -2.30. The SMILES string of the molecule is Cc1cc(F)cc(NC(=O)NCCC(O)c2ccccc2)c1. The highest BCUT2D eigenvalue weighted by Crippen LogP contribution is 2.15. The minimum atomic E-state index is -0.627. The number of carbonyl (C=O) groups is 1. The molecule has 0 aliphatic heterocycles. The van der Waals surface area contributed by atoms with Crippen molar-refractivity contribution in [2.24, 2.45) is 0 Å². The first-order chi connectivity index (χ1) is 10.5. The maximum atomic E-state index is 13.2. The van der Waals surface area contributed by atoms with Gasteiger partial charge in [0.2, 0.25) is 0 Å². The number of aliphatic hydroxyl groups is 1. The Hall–Kier alpha value is -2.40. The second kappa shape index (κ2) is 7.56. The molecular formula is C17H19FN2O2. The number of amides is 2. The van der Waals surface area contributed by atoms with Crippen molar-refractivity contribution < 1.29 is 14.3 Å². The van der Waals surface area contributed by atoms with Gasteiger partial charge < -0.3 is 15.7 Å². The monoisotopic (exact) mass is 302 g/mol. The number of hydrogen-bond acceptors (Lipinski definition) is 2. The van der Waals surface area contributed by atoms with Crippen LogP contribution in [0.2, 0.25) is 0 Å². The summed E-state index contributed by atoms with van der Waals surface area (Å²) in [4.78, 5) is 11.7. The summed E-state index contributed by atoms with van der Waals surface area (Å²) in [5.41, 5.74) is 1.94. The number of rotatable bonds is 5. The molecule has 0 spiro atoms. The number of anilines is 1. The van der Waals surface area contributed by atoms with Crippen molar-refractivity contribution in [2.75, 3.05) is 11.9 Å². The van der Waals surface area contributed by atoms with Gasteiger partial charge in [0.15, 0.2) is 0 Å². The van der Waals surface area contributed by atoms with E-state index in [1.165, 1.54) is 12.1 Å². The average molecular weight is 302 g/mol. The van der Waals surface area contributed by atoms with Crippen LogP contribution in [-0.4, -0.2) is 17.7 Å². The molecule has 0 fully saturated rings. The van der Waals surface area contributed by atoms with E-state index in [0.717, 1.165) is 11.1 Å². The van der Waals surface area contributed by atoms with E-state index in [9.17, 15) is 14.3 Å². The fourth-order valence-electron chi connectivity index (χ4n) is 2.15. The van der Waals surface area contributed by atoms with Gasteiger partial charge in [0.05, 0.1) is 6.10 Å². The van der Waals surface area contributed by atoms with Gasteiger partial charge in [0, 0.05) is 12.2 Å². The van der Waals surface area contributed by atoms with E-state index >= 15 is 0 Å². The largest absolute Gasteiger partial charge is 0.388 e. The summed E-state index contributed by atoms with van der Waals surface area (Å²) < 4.78 is 13.2. The molecule has 0 saturated heterocycles. The van der Waals surface area contributed by atoms with Crippen LogP contribution in [0.5, 0.6) is 0 Å². The van der Waals surface area contributed by atoms with Gasteiger partial charge in [-0.2, -0.15) is 0 Å². The summed E-state index contributed by atoms with van der Waals surface area (Å²) in [6, 6.07) is 13.1. The number of urea groups is 1. The highest BCUT2D eigenvalue weighted by Gasteiger charge is 2.08. The number of aryl methyl sites for hydroxylation is 1. The van der Waals surface area contributed by atoms with Crippen molar-refractivity contribution in [2.45, 2.75) is 19.4 Å². The van der Waals surface area contributed by atoms with Gasteiger partial charge in [-0.3, -0.25) is 0 Å². The van der Waals surface area contributed by atoms with E-state index in [1.807, 2.05) is 30.3 Å². The number of halogens is 1. The first-order valence-electron chi connectivity index (χ1n) is 7.09. The van der Waals surface area contributed by atoms with Crippen LogP contribution in [0.25, 0.3) is 0 Å². The molecule has 2 aromatic carbocycles. The third-order valence-electron chi connectivity index (χ3n) is 3.19. The molecule has 0 aromatic heterocycles. The molecule has 116 valence electrons. The lowest BCUT2D eigenvalue weighted by molar-refractivity contribution is 0.167. The van der Waals surface area contributed by atoms with E-state index < -0.39 is 18.0 Å². The van der Waals surface area contributed by atoms with Crippen LogP contribution in [0, 0.1) is 12.7 Å².